The summed E-state index contributed by atoms with van der Waals surface area (Å²) in [5.41, 5.74) is 4.78. The van der Waals surface area contributed by atoms with Gasteiger partial charge in [-0.1, -0.05) is 24.3 Å². The normalized spacial score (nSPS) is 19.6. The second kappa shape index (κ2) is 8.84. The topological polar surface area (TPSA) is 189 Å². The molecule has 1 aliphatic carbocycles. The molecule has 12 heteroatoms. The summed E-state index contributed by atoms with van der Waals surface area (Å²) in [5, 5.41) is 44.4. The lowest BCUT2D eigenvalue weighted by Gasteiger charge is -2.23. The van der Waals surface area contributed by atoms with Gasteiger partial charge in [0.1, 0.15) is 28.6 Å². The summed E-state index contributed by atoms with van der Waals surface area (Å²) in [6.07, 6.45) is -0.301. The maximum atomic E-state index is 13.4. The van der Waals surface area contributed by atoms with Crippen LogP contribution in [0.25, 0.3) is 0 Å². The van der Waals surface area contributed by atoms with Crippen LogP contribution in [-0.2, 0) is 5.60 Å². The standard InChI is InChI=1S/C26H16N6O6/c27-14-20-23-24(33)19-3-1-2-4-21(19)26(23,34)13-22(29-15-5-7-17(8-6-15)31(35)36)30(25(20)28)16-9-11-18(12-10-16)32(37)38/h1-12,28,34H,13H2/p+1. The average Bonchev–Trinajstić information content (AvgIpc) is 3.06. The van der Waals surface area contributed by atoms with Crippen molar-refractivity contribution in [2.45, 2.75) is 12.0 Å². The first-order chi connectivity index (χ1) is 18.2. The molecule has 0 bridgehead atoms. The second-order valence-electron chi connectivity index (χ2n) is 8.57. The van der Waals surface area contributed by atoms with E-state index in [1.807, 2.05) is 6.07 Å². The molecule has 0 fully saturated rings. The minimum atomic E-state index is -1.96. The van der Waals surface area contributed by atoms with Crippen LogP contribution in [0.2, 0.25) is 0 Å². The van der Waals surface area contributed by atoms with Crippen molar-refractivity contribution < 1.29 is 24.3 Å². The number of ketones is 1. The van der Waals surface area contributed by atoms with Crippen LogP contribution < -0.4 is 5.73 Å². The molecule has 5 rings (SSSR count). The Morgan fingerprint density at radius 3 is 2.13 bits per heavy atom. The molecule has 1 heterocycles. The Labute approximate surface area is 214 Å². The van der Waals surface area contributed by atoms with Crippen molar-refractivity contribution in [3.8, 4) is 6.07 Å². The van der Waals surface area contributed by atoms with E-state index in [2.05, 4.69) is 4.99 Å². The first kappa shape index (κ1) is 24.2. The summed E-state index contributed by atoms with van der Waals surface area (Å²) in [6, 6.07) is 19.0. The van der Waals surface area contributed by atoms with Crippen LogP contribution in [0.1, 0.15) is 22.3 Å². The maximum absolute atomic E-state index is 13.4. The van der Waals surface area contributed by atoms with Crippen molar-refractivity contribution in [2.75, 3.05) is 0 Å². The largest absolute Gasteiger partial charge is 0.380 e. The van der Waals surface area contributed by atoms with Crippen LogP contribution in [-0.4, -0.2) is 37.0 Å². The van der Waals surface area contributed by atoms with Crippen LogP contribution in [0.3, 0.4) is 0 Å². The number of nitro benzene ring substituents is 2. The number of nitro groups is 2. The summed E-state index contributed by atoms with van der Waals surface area (Å²) in [6.45, 7) is 0. The number of rotatable bonds is 4. The number of aliphatic hydroxyl groups is 1. The van der Waals surface area contributed by atoms with Crippen molar-refractivity contribution >= 4 is 40.2 Å². The van der Waals surface area contributed by atoms with Crippen LogP contribution in [0.5, 0.6) is 0 Å². The smallest absolute Gasteiger partial charge is 0.269 e. The third-order valence-corrected chi connectivity index (χ3v) is 6.43. The average molecular weight is 509 g/mol. The number of Topliss-reactive ketones (excluding diaryl/α,β-unsaturated/α-hetero) is 1. The number of nitriles is 1. The highest BCUT2D eigenvalue weighted by Gasteiger charge is 2.53. The van der Waals surface area contributed by atoms with Gasteiger partial charge in [-0.05, 0) is 29.8 Å². The summed E-state index contributed by atoms with van der Waals surface area (Å²) in [4.78, 5) is 39.1. The van der Waals surface area contributed by atoms with Crippen molar-refractivity contribution in [3.63, 3.8) is 0 Å². The van der Waals surface area contributed by atoms with E-state index in [-0.39, 0.29) is 63.1 Å². The molecular weight excluding hydrogens is 492 g/mol. The third kappa shape index (κ3) is 3.71. The number of aliphatic imine (C=N–C) groups is 1. The zero-order valence-corrected chi connectivity index (χ0v) is 19.4. The monoisotopic (exact) mass is 509 g/mol. The summed E-state index contributed by atoms with van der Waals surface area (Å²) in [7, 11) is 0. The predicted molar refractivity (Wildman–Crippen MR) is 134 cm³/mol. The number of hydrogen-bond donors (Lipinski definition) is 2. The number of benzene rings is 3. The summed E-state index contributed by atoms with van der Waals surface area (Å²) >= 11 is 0. The second-order valence-corrected chi connectivity index (χ2v) is 8.57. The van der Waals surface area contributed by atoms with Crippen LogP contribution in [0.15, 0.2) is 88.9 Å². The fourth-order valence-corrected chi connectivity index (χ4v) is 4.70. The Morgan fingerprint density at radius 1 is 0.974 bits per heavy atom. The highest BCUT2D eigenvalue weighted by atomic mass is 16.6. The van der Waals surface area contributed by atoms with E-state index < -0.39 is 21.2 Å². The number of fused-ring (bicyclic) bond motifs is 3. The van der Waals surface area contributed by atoms with E-state index in [9.17, 15) is 35.4 Å². The van der Waals surface area contributed by atoms with Gasteiger partial charge in [-0.3, -0.25) is 25.0 Å². The van der Waals surface area contributed by atoms with E-state index in [0.29, 0.717) is 0 Å². The Kier molecular flexibility index (Phi) is 5.62. The van der Waals surface area contributed by atoms with Gasteiger partial charge in [-0.25, -0.2) is 0 Å². The quantitative estimate of drug-likeness (QED) is 0.303. The number of amidine groups is 2. The number of carbonyl (C=O) groups is 1. The first-order valence-electron chi connectivity index (χ1n) is 11.2. The molecule has 1 aliphatic heterocycles. The molecule has 0 radical (unpaired) electrons. The molecule has 1 unspecified atom stereocenters. The van der Waals surface area contributed by atoms with Gasteiger partial charge in [0, 0.05) is 29.8 Å². The van der Waals surface area contributed by atoms with Gasteiger partial charge >= 0.3 is 0 Å². The number of nitrogens with two attached hydrogens (primary N) is 1. The maximum Gasteiger partial charge on any atom is 0.269 e. The van der Waals surface area contributed by atoms with Gasteiger partial charge in [0.15, 0.2) is 5.78 Å². The van der Waals surface area contributed by atoms with Crippen molar-refractivity contribution in [2.24, 2.45) is 10.7 Å². The molecule has 2 aliphatic rings. The van der Waals surface area contributed by atoms with Gasteiger partial charge in [0.2, 0.25) is 11.7 Å². The predicted octanol–water partition coefficient (Wildman–Crippen LogP) is 3.54. The Balaban J connectivity index is 1.79. The molecule has 3 N–H and O–H groups in total. The molecule has 0 saturated carbocycles. The Morgan fingerprint density at radius 2 is 1.55 bits per heavy atom. The highest BCUT2D eigenvalue weighted by molar-refractivity contribution is 6.21. The first-order valence-corrected chi connectivity index (χ1v) is 11.2. The molecular formula is C26H17N6O6+. The highest BCUT2D eigenvalue weighted by Crippen LogP contribution is 2.47. The third-order valence-electron chi connectivity index (χ3n) is 6.43. The molecule has 0 amide bonds. The minimum Gasteiger partial charge on any atom is -0.380 e. The lowest BCUT2D eigenvalue weighted by atomic mass is 9.86. The summed E-state index contributed by atoms with van der Waals surface area (Å²) < 4.78 is 1.34. The fraction of sp³-hybridized carbons (Fsp3) is 0.0769. The SMILES string of the molecule is N#CC1=C2C(=O)c3ccccc3C2(O)CC(=Nc2ccc([N+](=O)[O-])cc2)[N+](c2ccc([N+](=O)[O-])cc2)=C1N. The summed E-state index contributed by atoms with van der Waals surface area (Å²) in [5.74, 6) is -0.670. The molecule has 38 heavy (non-hydrogen) atoms. The molecule has 0 saturated heterocycles. The van der Waals surface area contributed by atoms with Crippen LogP contribution in [0, 0.1) is 31.6 Å². The molecule has 186 valence electrons. The molecule has 1 atom stereocenters. The van der Waals surface area contributed by atoms with E-state index in [1.54, 1.807) is 24.3 Å². The molecule has 3 aromatic carbocycles. The number of carbonyl (C=O) groups excluding carboxylic acids is 1. The van der Waals surface area contributed by atoms with E-state index >= 15 is 0 Å². The number of nitrogens with zero attached hydrogens (tertiary/aromatic N) is 5. The van der Waals surface area contributed by atoms with Crippen molar-refractivity contribution in [3.05, 3.63) is 115 Å². The molecule has 0 spiro atoms. The van der Waals surface area contributed by atoms with Gasteiger partial charge in [-0.2, -0.15) is 9.84 Å². The van der Waals surface area contributed by atoms with Gasteiger partial charge in [0.05, 0.1) is 21.8 Å². The van der Waals surface area contributed by atoms with E-state index in [0.717, 1.165) is 0 Å². The zero-order chi connectivity index (χ0) is 27.2. The fourth-order valence-electron chi connectivity index (χ4n) is 4.70. The lowest BCUT2D eigenvalue weighted by Crippen LogP contribution is -2.32. The van der Waals surface area contributed by atoms with Crippen molar-refractivity contribution in [1.82, 2.24) is 0 Å². The molecule has 3 aromatic rings. The van der Waals surface area contributed by atoms with Gasteiger partial charge in [-0.15, -0.1) is 4.99 Å². The van der Waals surface area contributed by atoms with Crippen molar-refractivity contribution in [1.29, 1.82) is 5.26 Å². The van der Waals surface area contributed by atoms with Crippen LogP contribution >= 0.6 is 0 Å². The number of non-ortho nitro benzene ring substituents is 2. The minimum absolute atomic E-state index is 0.0972. The molecule has 12 nitrogen and oxygen atoms in total. The van der Waals surface area contributed by atoms with Gasteiger partial charge in [0.25, 0.3) is 11.4 Å². The van der Waals surface area contributed by atoms with E-state index in [4.69, 9.17) is 5.73 Å². The van der Waals surface area contributed by atoms with E-state index in [1.165, 1.54) is 53.1 Å². The number of hydrogen-bond acceptors (Lipinski definition) is 9. The molecule has 0 aromatic heterocycles. The lowest BCUT2D eigenvalue weighted by molar-refractivity contribution is -0.385. The Bertz CT molecular complexity index is 1680. The Hall–Kier alpha value is -5.54. The zero-order valence-electron chi connectivity index (χ0n) is 19.4. The van der Waals surface area contributed by atoms with Gasteiger partial charge < -0.3 is 10.8 Å². The van der Waals surface area contributed by atoms with Crippen LogP contribution in [0.4, 0.5) is 22.7 Å².